The van der Waals surface area contributed by atoms with E-state index in [-0.39, 0.29) is 29.1 Å². The maximum Gasteiger partial charge on any atom is 0.410 e. The van der Waals surface area contributed by atoms with Crippen molar-refractivity contribution < 1.29 is 23.0 Å². The van der Waals surface area contributed by atoms with Crippen LogP contribution in [-0.4, -0.2) is 46.3 Å². The Bertz CT molecular complexity index is 1450. The van der Waals surface area contributed by atoms with E-state index < -0.39 is 40.6 Å². The van der Waals surface area contributed by atoms with Crippen LogP contribution < -0.4 is 10.3 Å². The second-order valence-electron chi connectivity index (χ2n) is 9.40. The standard InChI is InChI=1S/C25H23BrF2N4O4/c1-25(2,3)36-24(34)31-7-6-13(12-31)22-30-20-16(8-14(29-4)9-17(20)26)23(33)32(22)15-10-18(27)21(35-5)19(28)11-15/h8-11,13H,6-7,12H2,1-3,5H3. The van der Waals surface area contributed by atoms with Crippen molar-refractivity contribution in [3.8, 4) is 11.4 Å². The zero-order valence-corrected chi connectivity index (χ0v) is 21.6. The average molecular weight is 561 g/mol. The van der Waals surface area contributed by atoms with Gasteiger partial charge in [-0.25, -0.2) is 23.4 Å². The van der Waals surface area contributed by atoms with E-state index in [2.05, 4.69) is 20.8 Å². The largest absolute Gasteiger partial charge is 0.491 e. The lowest BCUT2D eigenvalue weighted by molar-refractivity contribution is 0.0292. The number of carbonyl (C=O) groups excluding carboxylic acids is 1. The number of ether oxygens (including phenoxy) is 2. The molecule has 2 aromatic carbocycles. The topological polar surface area (TPSA) is 78.0 Å². The minimum Gasteiger partial charge on any atom is -0.491 e. The molecule has 0 bridgehead atoms. The number of aromatic nitrogens is 2. The molecule has 0 radical (unpaired) electrons. The summed E-state index contributed by atoms with van der Waals surface area (Å²) in [5, 5.41) is 0.109. The lowest BCUT2D eigenvalue weighted by Gasteiger charge is -2.24. The number of likely N-dealkylation sites (tertiary alicyclic amines) is 1. The number of halogens is 3. The van der Waals surface area contributed by atoms with Crippen LogP contribution in [0.5, 0.6) is 5.75 Å². The second kappa shape index (κ2) is 9.50. The van der Waals surface area contributed by atoms with E-state index in [9.17, 15) is 18.4 Å². The fraction of sp³-hybridized carbons (Fsp3) is 0.360. The third-order valence-corrected chi connectivity index (χ3v) is 6.32. The molecule has 8 nitrogen and oxygen atoms in total. The van der Waals surface area contributed by atoms with Gasteiger partial charge in [-0.05, 0) is 55.3 Å². The van der Waals surface area contributed by atoms with Crippen molar-refractivity contribution >= 4 is 38.6 Å². The number of hydrogen-bond donors (Lipinski definition) is 0. The van der Waals surface area contributed by atoms with Crippen LogP contribution in [0.4, 0.5) is 19.3 Å². The molecule has 11 heteroatoms. The Morgan fingerprint density at radius 2 is 1.89 bits per heavy atom. The highest BCUT2D eigenvalue weighted by Gasteiger charge is 2.34. The number of fused-ring (bicyclic) bond motifs is 1. The molecule has 0 saturated carbocycles. The summed E-state index contributed by atoms with van der Waals surface area (Å²) in [6.45, 7) is 13.2. The summed E-state index contributed by atoms with van der Waals surface area (Å²) < 4.78 is 41.1. The summed E-state index contributed by atoms with van der Waals surface area (Å²) >= 11 is 3.38. The van der Waals surface area contributed by atoms with Gasteiger partial charge in [-0.3, -0.25) is 9.36 Å². The fourth-order valence-electron chi connectivity index (χ4n) is 4.17. The molecule has 36 heavy (non-hydrogen) atoms. The summed E-state index contributed by atoms with van der Waals surface area (Å²) in [4.78, 5) is 35.9. The first-order chi connectivity index (χ1) is 16.9. The Labute approximate surface area is 214 Å². The third-order valence-electron chi connectivity index (χ3n) is 5.72. The number of carbonyl (C=O) groups is 1. The molecule has 1 aliphatic rings. The average Bonchev–Trinajstić information content (AvgIpc) is 3.28. The van der Waals surface area contributed by atoms with E-state index in [0.29, 0.717) is 23.0 Å². The number of rotatable bonds is 3. The van der Waals surface area contributed by atoms with Crippen LogP contribution in [0.15, 0.2) is 33.5 Å². The zero-order chi connectivity index (χ0) is 26.4. The molecular formula is C25H23BrF2N4O4. The second-order valence-corrected chi connectivity index (χ2v) is 10.3. The third kappa shape index (κ3) is 4.78. The van der Waals surface area contributed by atoms with Gasteiger partial charge in [0, 0.05) is 35.6 Å². The molecule has 188 valence electrons. The molecule has 0 spiro atoms. The first-order valence-corrected chi connectivity index (χ1v) is 11.9. The molecule has 1 atom stereocenters. The van der Waals surface area contributed by atoms with Gasteiger partial charge >= 0.3 is 6.09 Å². The summed E-state index contributed by atoms with van der Waals surface area (Å²) in [5.74, 6) is -2.72. The number of nitrogens with zero attached hydrogens (tertiary/aromatic N) is 4. The van der Waals surface area contributed by atoms with Gasteiger partial charge < -0.3 is 14.4 Å². The first kappa shape index (κ1) is 25.6. The Hall–Kier alpha value is -3.52. The first-order valence-electron chi connectivity index (χ1n) is 11.1. The molecule has 1 unspecified atom stereocenters. The number of hydrogen-bond acceptors (Lipinski definition) is 5. The molecular weight excluding hydrogens is 538 g/mol. The SMILES string of the molecule is [C-]#[N+]c1cc(Br)c2nc(C3CCN(C(=O)OC(C)(C)C)C3)n(-c3cc(F)c(OC)c(F)c3)c(=O)c2c1. The molecule has 0 aliphatic carbocycles. The van der Waals surface area contributed by atoms with Gasteiger partial charge in [0.2, 0.25) is 0 Å². The molecule has 4 rings (SSSR count). The van der Waals surface area contributed by atoms with E-state index in [4.69, 9.17) is 21.0 Å². The smallest absolute Gasteiger partial charge is 0.410 e. The van der Waals surface area contributed by atoms with Crippen molar-refractivity contribution in [2.75, 3.05) is 20.2 Å². The van der Waals surface area contributed by atoms with E-state index in [1.54, 1.807) is 26.8 Å². The van der Waals surface area contributed by atoms with Crippen LogP contribution in [0, 0.1) is 18.2 Å². The maximum atomic E-state index is 14.6. The Kier molecular flexibility index (Phi) is 6.75. The molecule has 1 aliphatic heterocycles. The van der Waals surface area contributed by atoms with E-state index >= 15 is 0 Å². The monoisotopic (exact) mass is 560 g/mol. The van der Waals surface area contributed by atoms with Gasteiger partial charge in [0.15, 0.2) is 23.1 Å². The highest BCUT2D eigenvalue weighted by Crippen LogP contribution is 2.33. The molecule has 0 N–H and O–H groups in total. The van der Waals surface area contributed by atoms with E-state index in [1.165, 1.54) is 11.0 Å². The van der Waals surface area contributed by atoms with Gasteiger partial charge in [0.25, 0.3) is 5.56 Å². The van der Waals surface area contributed by atoms with Crippen molar-refractivity contribution in [2.45, 2.75) is 38.7 Å². The molecule has 2 heterocycles. The maximum absolute atomic E-state index is 14.6. The van der Waals surface area contributed by atoms with Gasteiger partial charge in [-0.2, -0.15) is 0 Å². The van der Waals surface area contributed by atoms with Gasteiger partial charge in [0.1, 0.15) is 11.4 Å². The van der Waals surface area contributed by atoms with Crippen LogP contribution >= 0.6 is 15.9 Å². The van der Waals surface area contributed by atoms with Crippen molar-refractivity contribution in [3.05, 3.63) is 68.0 Å². The van der Waals surface area contributed by atoms with Crippen LogP contribution in [0.2, 0.25) is 0 Å². The van der Waals surface area contributed by atoms with Crippen LogP contribution in [0.1, 0.15) is 38.9 Å². The summed E-state index contributed by atoms with van der Waals surface area (Å²) in [7, 11) is 1.14. The molecule has 1 aromatic heterocycles. The molecule has 1 saturated heterocycles. The minimum absolute atomic E-state index is 0.0831. The van der Waals surface area contributed by atoms with Gasteiger partial charge in [-0.15, -0.1) is 0 Å². The fourth-order valence-corrected chi connectivity index (χ4v) is 4.71. The number of amides is 1. The Morgan fingerprint density at radius 3 is 2.47 bits per heavy atom. The van der Waals surface area contributed by atoms with Crippen LogP contribution in [0.3, 0.4) is 0 Å². The molecule has 1 fully saturated rings. The highest BCUT2D eigenvalue weighted by atomic mass is 79.9. The quantitative estimate of drug-likeness (QED) is 0.383. The summed E-state index contributed by atoms with van der Waals surface area (Å²) in [6.07, 6.45) is -0.0418. The van der Waals surface area contributed by atoms with Gasteiger partial charge in [-0.1, -0.05) is 0 Å². The lowest BCUT2D eigenvalue weighted by Crippen LogP contribution is -2.35. The summed E-state index contributed by atoms with van der Waals surface area (Å²) in [6, 6.07) is 4.92. The number of benzene rings is 2. The molecule has 3 aromatic rings. The van der Waals surface area contributed by atoms with Crippen molar-refractivity contribution in [2.24, 2.45) is 0 Å². The zero-order valence-electron chi connectivity index (χ0n) is 20.1. The Balaban J connectivity index is 1.91. The Morgan fingerprint density at radius 1 is 1.22 bits per heavy atom. The van der Waals surface area contributed by atoms with Crippen LogP contribution in [0.25, 0.3) is 21.4 Å². The van der Waals surface area contributed by atoms with Crippen molar-refractivity contribution in [1.82, 2.24) is 14.5 Å². The highest BCUT2D eigenvalue weighted by molar-refractivity contribution is 9.10. The normalized spacial score (nSPS) is 15.7. The van der Waals surface area contributed by atoms with Crippen LogP contribution in [-0.2, 0) is 4.74 Å². The predicted molar refractivity (Wildman–Crippen MR) is 133 cm³/mol. The van der Waals surface area contributed by atoms with Crippen molar-refractivity contribution in [1.29, 1.82) is 0 Å². The predicted octanol–water partition coefficient (Wildman–Crippen LogP) is 5.71. The van der Waals surface area contributed by atoms with Gasteiger partial charge in [0.05, 0.1) is 30.3 Å². The van der Waals surface area contributed by atoms with Crippen molar-refractivity contribution in [3.63, 3.8) is 0 Å². The van der Waals surface area contributed by atoms with E-state index in [1.807, 2.05) is 0 Å². The number of methoxy groups -OCH3 is 1. The summed E-state index contributed by atoms with van der Waals surface area (Å²) in [5.41, 5.74) is -0.844. The molecule has 1 amide bonds. The van der Waals surface area contributed by atoms with E-state index in [0.717, 1.165) is 23.8 Å². The minimum atomic E-state index is -0.983. The lowest BCUT2D eigenvalue weighted by atomic mass is 10.1.